The molecule has 0 amide bonds. The Morgan fingerprint density at radius 1 is 1.00 bits per heavy atom. The first kappa shape index (κ1) is 15.3. The average molecular weight is 324 g/mol. The third kappa shape index (κ3) is 2.49. The predicted octanol–water partition coefficient (Wildman–Crippen LogP) is 2.24. The highest BCUT2D eigenvalue weighted by Crippen LogP contribution is 2.42. The molecule has 1 aromatic carbocycles. The zero-order valence-corrected chi connectivity index (χ0v) is 13.6. The van der Waals surface area contributed by atoms with Gasteiger partial charge in [0.2, 0.25) is 0 Å². The lowest BCUT2D eigenvalue weighted by Gasteiger charge is -2.27. The molecule has 0 radical (unpaired) electrons. The maximum absolute atomic E-state index is 12.8. The summed E-state index contributed by atoms with van der Waals surface area (Å²) >= 11 is 0. The molecule has 2 saturated heterocycles. The van der Waals surface area contributed by atoms with Crippen LogP contribution in [-0.2, 0) is 9.84 Å². The SMILES string of the molecule is COc1cc(OC)cc(C(=O)C2CC3CCC(C2)S3(=O)=O)c1. The first-order valence-electron chi connectivity index (χ1n) is 7.45. The number of carbonyl (C=O) groups excluding carboxylic acids is 1. The van der Waals surface area contributed by atoms with Crippen molar-refractivity contribution >= 4 is 15.6 Å². The van der Waals surface area contributed by atoms with Crippen LogP contribution in [0.25, 0.3) is 0 Å². The summed E-state index contributed by atoms with van der Waals surface area (Å²) in [5, 5.41) is -0.680. The Morgan fingerprint density at radius 3 is 1.95 bits per heavy atom. The largest absolute Gasteiger partial charge is 0.497 e. The van der Waals surface area contributed by atoms with Gasteiger partial charge in [-0.1, -0.05) is 0 Å². The highest BCUT2D eigenvalue weighted by molar-refractivity contribution is 7.93. The summed E-state index contributed by atoms with van der Waals surface area (Å²) in [5.41, 5.74) is 0.528. The molecule has 5 nitrogen and oxygen atoms in total. The Labute approximate surface area is 130 Å². The molecular weight excluding hydrogens is 304 g/mol. The predicted molar refractivity (Wildman–Crippen MR) is 82.3 cm³/mol. The molecular formula is C16H20O5S. The summed E-state index contributed by atoms with van der Waals surface area (Å²) in [6, 6.07) is 5.09. The molecule has 0 N–H and O–H groups in total. The maximum atomic E-state index is 12.8. The summed E-state index contributed by atoms with van der Waals surface area (Å²) in [5.74, 6) is 0.894. The average Bonchev–Trinajstić information content (AvgIpc) is 2.72. The van der Waals surface area contributed by atoms with Crippen molar-refractivity contribution in [3.63, 3.8) is 0 Å². The topological polar surface area (TPSA) is 69.7 Å². The lowest BCUT2D eigenvalue weighted by Crippen LogP contribution is -2.36. The first-order valence-corrected chi connectivity index (χ1v) is 9.06. The van der Waals surface area contributed by atoms with Gasteiger partial charge in [0.25, 0.3) is 0 Å². The second-order valence-corrected chi connectivity index (χ2v) is 8.56. The number of benzene rings is 1. The number of ketones is 1. The molecule has 0 saturated carbocycles. The van der Waals surface area contributed by atoms with E-state index >= 15 is 0 Å². The van der Waals surface area contributed by atoms with Crippen LogP contribution in [0, 0.1) is 5.92 Å². The van der Waals surface area contributed by atoms with Crippen LogP contribution in [0.5, 0.6) is 11.5 Å². The zero-order chi connectivity index (χ0) is 15.9. The number of fused-ring (bicyclic) bond motifs is 2. The minimum absolute atomic E-state index is 0.0102. The van der Waals surface area contributed by atoms with E-state index in [1.165, 1.54) is 14.2 Å². The lowest BCUT2D eigenvalue weighted by atomic mass is 9.90. The quantitative estimate of drug-likeness (QED) is 0.795. The number of Topliss-reactive ketones (excluding diaryl/α,β-unsaturated/α-hetero) is 1. The van der Waals surface area contributed by atoms with Crippen molar-refractivity contribution in [1.82, 2.24) is 0 Å². The maximum Gasteiger partial charge on any atom is 0.166 e. The number of hydrogen-bond donors (Lipinski definition) is 0. The lowest BCUT2D eigenvalue weighted by molar-refractivity contribution is 0.0904. The van der Waals surface area contributed by atoms with Crippen molar-refractivity contribution in [2.24, 2.45) is 5.92 Å². The van der Waals surface area contributed by atoms with Gasteiger partial charge in [-0.05, 0) is 37.8 Å². The van der Waals surface area contributed by atoms with Crippen LogP contribution in [-0.4, -0.2) is 38.9 Å². The standard InChI is InChI=1S/C16H20O5S/c1-20-12-5-10(6-13(9-12)21-2)16(17)11-7-14-3-4-15(8-11)22(14,18)19/h5-6,9,11,14-15H,3-4,7-8H2,1-2H3. The van der Waals surface area contributed by atoms with Crippen LogP contribution in [0.1, 0.15) is 36.0 Å². The highest BCUT2D eigenvalue weighted by Gasteiger charge is 2.48. The van der Waals surface area contributed by atoms with Crippen molar-refractivity contribution in [3.8, 4) is 11.5 Å². The van der Waals surface area contributed by atoms with Crippen molar-refractivity contribution in [2.75, 3.05) is 14.2 Å². The van der Waals surface area contributed by atoms with Crippen molar-refractivity contribution in [1.29, 1.82) is 0 Å². The van der Waals surface area contributed by atoms with E-state index in [2.05, 4.69) is 0 Å². The van der Waals surface area contributed by atoms with Gasteiger partial charge in [-0.2, -0.15) is 0 Å². The molecule has 1 aromatic rings. The van der Waals surface area contributed by atoms with Gasteiger partial charge in [0.1, 0.15) is 11.5 Å². The second kappa shape index (κ2) is 5.57. The molecule has 2 aliphatic heterocycles. The fourth-order valence-corrected chi connectivity index (χ4v) is 6.08. The molecule has 6 heteroatoms. The van der Waals surface area contributed by atoms with E-state index in [1.54, 1.807) is 18.2 Å². The number of sulfone groups is 1. The van der Waals surface area contributed by atoms with Gasteiger partial charge in [-0.25, -0.2) is 8.42 Å². The molecule has 120 valence electrons. The van der Waals surface area contributed by atoms with Gasteiger partial charge >= 0.3 is 0 Å². The Bertz CT molecular complexity index is 652. The smallest absolute Gasteiger partial charge is 0.166 e. The number of rotatable bonds is 4. The molecule has 2 atom stereocenters. The van der Waals surface area contributed by atoms with Crippen LogP contribution in [0.3, 0.4) is 0 Å². The van der Waals surface area contributed by atoms with E-state index in [1.807, 2.05) is 0 Å². The van der Waals surface area contributed by atoms with Crippen LogP contribution in [0.2, 0.25) is 0 Å². The molecule has 2 aliphatic rings. The van der Waals surface area contributed by atoms with Crippen molar-refractivity contribution in [3.05, 3.63) is 23.8 Å². The summed E-state index contributed by atoms with van der Waals surface area (Å²) in [7, 11) is 0.0713. The second-order valence-electron chi connectivity index (χ2n) is 6.04. The third-order valence-corrected chi connectivity index (χ3v) is 7.56. The number of hydrogen-bond acceptors (Lipinski definition) is 5. The molecule has 2 unspecified atom stereocenters. The molecule has 2 fully saturated rings. The molecule has 2 bridgehead atoms. The fourth-order valence-electron chi connectivity index (χ4n) is 3.61. The third-order valence-electron chi connectivity index (χ3n) is 4.84. The molecule has 0 aromatic heterocycles. The fraction of sp³-hybridized carbons (Fsp3) is 0.562. The highest BCUT2D eigenvalue weighted by atomic mass is 32.2. The molecule has 2 heterocycles. The number of carbonyl (C=O) groups is 1. The molecule has 22 heavy (non-hydrogen) atoms. The summed E-state index contributed by atoms with van der Waals surface area (Å²) < 4.78 is 34.6. The van der Waals surface area contributed by atoms with Gasteiger partial charge in [-0.3, -0.25) is 4.79 Å². The van der Waals surface area contributed by atoms with Gasteiger partial charge in [0, 0.05) is 17.5 Å². The number of methoxy groups -OCH3 is 2. The van der Waals surface area contributed by atoms with E-state index in [-0.39, 0.29) is 22.2 Å². The van der Waals surface area contributed by atoms with Gasteiger partial charge in [-0.15, -0.1) is 0 Å². The minimum Gasteiger partial charge on any atom is -0.497 e. The van der Waals surface area contributed by atoms with Gasteiger partial charge < -0.3 is 9.47 Å². The summed E-state index contributed by atoms with van der Waals surface area (Å²) in [6.45, 7) is 0. The first-order chi connectivity index (χ1) is 10.5. The monoisotopic (exact) mass is 324 g/mol. The van der Waals surface area contributed by atoms with Crippen molar-refractivity contribution < 1.29 is 22.7 Å². The van der Waals surface area contributed by atoms with Crippen LogP contribution < -0.4 is 9.47 Å². The van der Waals surface area contributed by atoms with Crippen LogP contribution in [0.4, 0.5) is 0 Å². The van der Waals surface area contributed by atoms with Gasteiger partial charge in [0.15, 0.2) is 15.6 Å². The Morgan fingerprint density at radius 2 is 1.50 bits per heavy atom. The van der Waals surface area contributed by atoms with E-state index in [9.17, 15) is 13.2 Å². The Balaban J connectivity index is 1.86. The number of ether oxygens (including phenoxy) is 2. The Kier molecular flexibility index (Phi) is 3.89. The van der Waals surface area contributed by atoms with E-state index in [0.717, 1.165) is 0 Å². The zero-order valence-electron chi connectivity index (χ0n) is 12.7. The Hall–Kier alpha value is -1.56. The normalized spacial score (nSPS) is 29.1. The minimum atomic E-state index is -3.00. The molecule has 3 rings (SSSR count). The molecule has 0 spiro atoms. The van der Waals surface area contributed by atoms with Crippen LogP contribution in [0.15, 0.2) is 18.2 Å². The van der Waals surface area contributed by atoms with Crippen LogP contribution >= 0.6 is 0 Å². The molecule has 0 aliphatic carbocycles. The van der Waals surface area contributed by atoms with Crippen molar-refractivity contribution in [2.45, 2.75) is 36.2 Å². The van der Waals surface area contributed by atoms with Gasteiger partial charge in [0.05, 0.1) is 24.7 Å². The van der Waals surface area contributed by atoms with E-state index in [0.29, 0.717) is 42.7 Å². The summed E-state index contributed by atoms with van der Waals surface area (Å²) in [4.78, 5) is 12.8. The van der Waals surface area contributed by atoms with E-state index in [4.69, 9.17) is 9.47 Å². The van der Waals surface area contributed by atoms with E-state index < -0.39 is 9.84 Å². The summed E-state index contributed by atoms with van der Waals surface area (Å²) in [6.07, 6.45) is 2.27.